The molecule has 94 valence electrons. The number of halogens is 2. The summed E-state index contributed by atoms with van der Waals surface area (Å²) in [6.45, 7) is 0.960. The van der Waals surface area contributed by atoms with Crippen LogP contribution in [0.5, 0.6) is 0 Å². The highest BCUT2D eigenvalue weighted by atomic mass is 79.9. The normalized spacial score (nSPS) is 19.3. The fourth-order valence-corrected chi connectivity index (χ4v) is 2.39. The lowest BCUT2D eigenvalue weighted by Crippen LogP contribution is -2.14. The number of aromatic nitrogens is 2. The molecule has 3 rings (SSSR count). The Kier molecular flexibility index (Phi) is 3.13. The smallest absolute Gasteiger partial charge is 0.260 e. The van der Waals surface area contributed by atoms with Crippen molar-refractivity contribution in [1.82, 2.24) is 15.5 Å². The molecule has 0 bridgehead atoms. The molecule has 18 heavy (non-hydrogen) atoms. The van der Waals surface area contributed by atoms with Crippen LogP contribution >= 0.6 is 15.9 Å². The molecule has 0 amide bonds. The second-order valence-corrected chi connectivity index (χ2v) is 5.15. The minimum Gasteiger partial charge on any atom is -0.334 e. The van der Waals surface area contributed by atoms with Crippen molar-refractivity contribution in [3.8, 4) is 11.5 Å². The second-order valence-electron chi connectivity index (χ2n) is 4.23. The van der Waals surface area contributed by atoms with Gasteiger partial charge in [-0.2, -0.15) is 4.98 Å². The van der Waals surface area contributed by atoms with Crippen molar-refractivity contribution >= 4 is 15.9 Å². The number of rotatable bonds is 2. The van der Waals surface area contributed by atoms with Gasteiger partial charge in [0.15, 0.2) is 5.82 Å². The van der Waals surface area contributed by atoms with Gasteiger partial charge in [0.25, 0.3) is 5.89 Å². The molecule has 2 aromatic rings. The average Bonchev–Trinajstić information content (AvgIpc) is 2.99. The fourth-order valence-electron chi connectivity index (χ4n) is 2.05. The summed E-state index contributed by atoms with van der Waals surface area (Å²) in [4.78, 5) is 4.26. The topological polar surface area (TPSA) is 51.0 Å². The van der Waals surface area contributed by atoms with Crippen molar-refractivity contribution in [1.29, 1.82) is 0 Å². The van der Waals surface area contributed by atoms with E-state index in [1.165, 1.54) is 6.07 Å². The molecule has 0 saturated carbocycles. The number of nitrogens with zero attached hydrogens (tertiary/aromatic N) is 2. The van der Waals surface area contributed by atoms with E-state index in [-0.39, 0.29) is 17.7 Å². The summed E-state index contributed by atoms with van der Waals surface area (Å²) < 4.78 is 19.6. The van der Waals surface area contributed by atoms with Crippen molar-refractivity contribution in [2.24, 2.45) is 0 Å². The minimum atomic E-state index is -0.376. The van der Waals surface area contributed by atoms with E-state index in [2.05, 4.69) is 31.4 Å². The van der Waals surface area contributed by atoms with Crippen molar-refractivity contribution < 1.29 is 8.91 Å². The lowest BCUT2D eigenvalue weighted by atomic mass is 10.2. The van der Waals surface area contributed by atoms with Gasteiger partial charge in [-0.15, -0.1) is 0 Å². The van der Waals surface area contributed by atoms with Crippen molar-refractivity contribution in [2.75, 3.05) is 6.54 Å². The molecule has 1 fully saturated rings. The second kappa shape index (κ2) is 4.78. The molecule has 6 heteroatoms. The van der Waals surface area contributed by atoms with Gasteiger partial charge in [0, 0.05) is 4.47 Å². The maximum absolute atomic E-state index is 13.7. The first kappa shape index (κ1) is 11.8. The van der Waals surface area contributed by atoms with Crippen LogP contribution in [0.25, 0.3) is 11.5 Å². The Morgan fingerprint density at radius 1 is 1.44 bits per heavy atom. The van der Waals surface area contributed by atoms with Gasteiger partial charge in [0.05, 0.1) is 11.6 Å². The highest BCUT2D eigenvalue weighted by Gasteiger charge is 2.22. The van der Waals surface area contributed by atoms with Crippen molar-refractivity contribution in [2.45, 2.75) is 18.9 Å². The third kappa shape index (κ3) is 2.18. The first-order valence-electron chi connectivity index (χ1n) is 5.76. The molecule has 1 aliphatic heterocycles. The number of hydrogen-bond acceptors (Lipinski definition) is 4. The Balaban J connectivity index is 1.92. The van der Waals surface area contributed by atoms with Gasteiger partial charge in [0.2, 0.25) is 0 Å². The van der Waals surface area contributed by atoms with Crippen LogP contribution in [0.3, 0.4) is 0 Å². The lowest BCUT2D eigenvalue weighted by molar-refractivity contribution is 0.410. The van der Waals surface area contributed by atoms with Crippen LogP contribution < -0.4 is 5.32 Å². The number of hydrogen-bond donors (Lipinski definition) is 1. The molecule has 1 N–H and O–H groups in total. The molecule has 1 unspecified atom stereocenters. The van der Waals surface area contributed by atoms with E-state index in [4.69, 9.17) is 4.52 Å². The van der Waals surface area contributed by atoms with E-state index in [0.29, 0.717) is 15.9 Å². The molecule has 1 aliphatic rings. The third-order valence-electron chi connectivity index (χ3n) is 2.98. The molecule has 4 nitrogen and oxygen atoms in total. The zero-order chi connectivity index (χ0) is 12.5. The summed E-state index contributed by atoms with van der Waals surface area (Å²) in [5.74, 6) is 0.451. The van der Waals surface area contributed by atoms with Crippen molar-refractivity contribution in [3.05, 3.63) is 34.3 Å². The maximum Gasteiger partial charge on any atom is 0.260 e. The summed E-state index contributed by atoms with van der Waals surface area (Å²) in [5, 5.41) is 7.19. The molecule has 1 aromatic heterocycles. The summed E-state index contributed by atoms with van der Waals surface area (Å²) >= 11 is 3.21. The van der Waals surface area contributed by atoms with Gasteiger partial charge >= 0.3 is 0 Å². The molecular formula is C12H11BrFN3O. The van der Waals surface area contributed by atoms with E-state index >= 15 is 0 Å². The van der Waals surface area contributed by atoms with Crippen LogP contribution in [-0.2, 0) is 0 Å². The molecule has 1 aromatic carbocycles. The quantitative estimate of drug-likeness (QED) is 0.926. The van der Waals surface area contributed by atoms with E-state index in [0.717, 1.165) is 19.4 Å². The van der Waals surface area contributed by atoms with Crippen LogP contribution in [0, 0.1) is 5.82 Å². The molecule has 2 heterocycles. The van der Waals surface area contributed by atoms with E-state index in [1.54, 1.807) is 12.1 Å². The molecule has 1 atom stereocenters. The van der Waals surface area contributed by atoms with Crippen LogP contribution in [0.2, 0.25) is 0 Å². The Morgan fingerprint density at radius 2 is 2.33 bits per heavy atom. The van der Waals surface area contributed by atoms with Gasteiger partial charge in [-0.25, -0.2) is 4.39 Å². The summed E-state index contributed by atoms with van der Waals surface area (Å²) in [7, 11) is 0. The lowest BCUT2D eigenvalue weighted by Gasteiger charge is -2.01. The Hall–Kier alpha value is -1.27. The standard InChI is InChI=1S/C12H11BrFN3O/c13-7-3-4-8(9(14)6-7)12-16-11(17-18-12)10-2-1-5-15-10/h3-4,6,10,15H,1-2,5H2. The Labute approximate surface area is 112 Å². The Bertz CT molecular complexity index is 566. The molecular weight excluding hydrogens is 301 g/mol. The van der Waals surface area contributed by atoms with Crippen LogP contribution in [0.4, 0.5) is 4.39 Å². The number of benzene rings is 1. The Morgan fingerprint density at radius 3 is 3.06 bits per heavy atom. The SMILES string of the molecule is Fc1cc(Br)ccc1-c1nc(C2CCCN2)no1. The van der Waals surface area contributed by atoms with E-state index in [1.807, 2.05) is 0 Å². The third-order valence-corrected chi connectivity index (χ3v) is 3.47. The zero-order valence-corrected chi connectivity index (χ0v) is 11.1. The minimum absolute atomic E-state index is 0.126. The summed E-state index contributed by atoms with van der Waals surface area (Å²) in [5.41, 5.74) is 0.329. The van der Waals surface area contributed by atoms with Gasteiger partial charge in [-0.05, 0) is 37.6 Å². The highest BCUT2D eigenvalue weighted by Crippen LogP contribution is 2.27. The van der Waals surface area contributed by atoms with Crippen molar-refractivity contribution in [3.63, 3.8) is 0 Å². The largest absolute Gasteiger partial charge is 0.334 e. The van der Waals surface area contributed by atoms with Gasteiger partial charge < -0.3 is 9.84 Å². The average molecular weight is 312 g/mol. The van der Waals surface area contributed by atoms with E-state index in [9.17, 15) is 4.39 Å². The first-order chi connectivity index (χ1) is 8.74. The monoisotopic (exact) mass is 311 g/mol. The van der Waals surface area contributed by atoms with Gasteiger partial charge in [0.1, 0.15) is 5.82 Å². The van der Waals surface area contributed by atoms with E-state index < -0.39 is 0 Å². The van der Waals surface area contributed by atoms with Gasteiger partial charge in [-0.1, -0.05) is 21.1 Å². The molecule has 0 spiro atoms. The first-order valence-corrected chi connectivity index (χ1v) is 6.56. The van der Waals surface area contributed by atoms with Crippen LogP contribution in [0.1, 0.15) is 24.7 Å². The molecule has 0 radical (unpaired) electrons. The number of nitrogens with one attached hydrogen (secondary N) is 1. The predicted octanol–water partition coefficient (Wildman–Crippen LogP) is 3.06. The molecule has 1 saturated heterocycles. The predicted molar refractivity (Wildman–Crippen MR) is 67.4 cm³/mol. The maximum atomic E-state index is 13.7. The van der Waals surface area contributed by atoms with Gasteiger partial charge in [-0.3, -0.25) is 0 Å². The fraction of sp³-hybridized carbons (Fsp3) is 0.333. The van der Waals surface area contributed by atoms with Crippen LogP contribution in [-0.4, -0.2) is 16.7 Å². The van der Waals surface area contributed by atoms with Crippen LogP contribution in [0.15, 0.2) is 27.2 Å². The zero-order valence-electron chi connectivity index (χ0n) is 9.49. The molecule has 0 aliphatic carbocycles. The summed E-state index contributed by atoms with van der Waals surface area (Å²) in [6.07, 6.45) is 2.09. The highest BCUT2D eigenvalue weighted by molar-refractivity contribution is 9.10. The summed E-state index contributed by atoms with van der Waals surface area (Å²) in [6, 6.07) is 4.88.